The lowest BCUT2D eigenvalue weighted by atomic mass is 10.0. The van der Waals surface area contributed by atoms with Crippen LogP contribution in [0.1, 0.15) is 26.3 Å². The third-order valence-electron chi connectivity index (χ3n) is 4.99. The largest absolute Gasteiger partial charge is 0.422 e. The lowest BCUT2D eigenvalue weighted by molar-refractivity contribution is 0.0733. The Labute approximate surface area is 189 Å². The summed E-state index contributed by atoms with van der Waals surface area (Å²) in [6.45, 7) is 1.92. The molecule has 0 spiro atoms. The summed E-state index contributed by atoms with van der Waals surface area (Å²) in [6.07, 6.45) is 0. The fraction of sp³-hybridized carbons (Fsp3) is 0.0370. The van der Waals surface area contributed by atoms with Gasteiger partial charge in [0, 0.05) is 17.3 Å². The fourth-order valence-corrected chi connectivity index (χ4v) is 3.26. The molecular weight excluding hydrogens is 424 g/mol. The maximum atomic E-state index is 14.4. The average Bonchev–Trinajstić information content (AvgIpc) is 2.81. The van der Waals surface area contributed by atoms with Crippen molar-refractivity contribution in [1.82, 2.24) is 0 Å². The van der Waals surface area contributed by atoms with Crippen LogP contribution < -0.4 is 10.1 Å². The molecule has 0 aliphatic heterocycles. The van der Waals surface area contributed by atoms with Crippen LogP contribution in [0.15, 0.2) is 91.0 Å². The average molecular weight is 443 g/mol. The number of rotatable bonds is 5. The second-order valence-electron chi connectivity index (χ2n) is 7.41. The molecule has 0 bridgehead atoms. The van der Waals surface area contributed by atoms with Crippen LogP contribution in [0.25, 0.3) is 11.1 Å². The van der Waals surface area contributed by atoms with Gasteiger partial charge in [-0.05, 0) is 61.0 Å². The van der Waals surface area contributed by atoms with Crippen LogP contribution in [-0.2, 0) is 0 Å². The Morgan fingerprint density at radius 1 is 0.818 bits per heavy atom. The van der Waals surface area contributed by atoms with E-state index in [2.05, 4.69) is 5.32 Å². The Balaban J connectivity index is 1.72. The maximum Gasteiger partial charge on any atom is 0.343 e. The minimum Gasteiger partial charge on any atom is -0.422 e. The van der Waals surface area contributed by atoms with Crippen molar-refractivity contribution in [2.75, 3.05) is 5.32 Å². The van der Waals surface area contributed by atoms with Crippen LogP contribution in [0.5, 0.6) is 5.75 Å². The van der Waals surface area contributed by atoms with E-state index < -0.39 is 23.5 Å². The van der Waals surface area contributed by atoms with E-state index >= 15 is 0 Å². The number of anilines is 1. The van der Waals surface area contributed by atoms with E-state index in [4.69, 9.17) is 4.74 Å². The van der Waals surface area contributed by atoms with Gasteiger partial charge >= 0.3 is 5.97 Å². The Morgan fingerprint density at radius 2 is 1.55 bits per heavy atom. The van der Waals surface area contributed by atoms with Gasteiger partial charge in [-0.15, -0.1) is 0 Å². The molecule has 4 aromatic carbocycles. The molecule has 0 heterocycles. The van der Waals surface area contributed by atoms with Crippen molar-refractivity contribution in [3.63, 3.8) is 0 Å². The number of nitrogens with one attached hydrogen (secondary N) is 1. The van der Waals surface area contributed by atoms with E-state index in [1.54, 1.807) is 42.5 Å². The minimum atomic E-state index is -0.770. The zero-order valence-corrected chi connectivity index (χ0v) is 17.6. The highest BCUT2D eigenvalue weighted by Crippen LogP contribution is 2.30. The summed E-state index contributed by atoms with van der Waals surface area (Å²) in [5, 5.41) is 2.76. The van der Waals surface area contributed by atoms with Gasteiger partial charge in [-0.2, -0.15) is 0 Å². The van der Waals surface area contributed by atoms with Gasteiger partial charge in [0.1, 0.15) is 17.4 Å². The van der Waals surface area contributed by atoms with Crippen LogP contribution in [0, 0.1) is 18.6 Å². The van der Waals surface area contributed by atoms with Gasteiger partial charge in [0.2, 0.25) is 0 Å². The van der Waals surface area contributed by atoms with E-state index in [-0.39, 0.29) is 16.9 Å². The Hall–Kier alpha value is -4.32. The summed E-state index contributed by atoms with van der Waals surface area (Å²) < 4.78 is 33.2. The third kappa shape index (κ3) is 5.13. The molecule has 4 aromatic rings. The Morgan fingerprint density at radius 3 is 2.24 bits per heavy atom. The molecule has 0 unspecified atom stereocenters. The Kier molecular flexibility index (Phi) is 6.26. The van der Waals surface area contributed by atoms with Gasteiger partial charge in [0.05, 0.1) is 11.1 Å². The van der Waals surface area contributed by atoms with Gasteiger partial charge in [-0.25, -0.2) is 13.6 Å². The number of carbonyl (C=O) groups is 2. The van der Waals surface area contributed by atoms with Crippen molar-refractivity contribution in [1.29, 1.82) is 0 Å². The molecule has 1 N–H and O–H groups in total. The van der Waals surface area contributed by atoms with E-state index in [1.807, 2.05) is 19.1 Å². The zero-order valence-electron chi connectivity index (χ0n) is 17.6. The molecule has 33 heavy (non-hydrogen) atoms. The van der Waals surface area contributed by atoms with Crippen LogP contribution in [-0.4, -0.2) is 11.9 Å². The normalized spacial score (nSPS) is 10.5. The van der Waals surface area contributed by atoms with Crippen molar-refractivity contribution in [3.05, 3.63) is 119 Å². The van der Waals surface area contributed by atoms with Gasteiger partial charge in [0.25, 0.3) is 5.91 Å². The smallest absolute Gasteiger partial charge is 0.343 e. The van der Waals surface area contributed by atoms with Gasteiger partial charge in [-0.3, -0.25) is 4.79 Å². The number of ether oxygens (including phenoxy) is 1. The molecule has 0 saturated heterocycles. The quantitative estimate of drug-likeness (QED) is 0.286. The summed E-state index contributed by atoms with van der Waals surface area (Å²) >= 11 is 0. The number of carbonyl (C=O) groups excluding carboxylic acids is 2. The van der Waals surface area contributed by atoms with E-state index in [9.17, 15) is 18.4 Å². The lowest BCUT2D eigenvalue weighted by Crippen LogP contribution is -2.16. The highest BCUT2D eigenvalue weighted by Gasteiger charge is 2.19. The molecule has 4 rings (SSSR count). The molecule has 0 radical (unpaired) electrons. The molecule has 0 fully saturated rings. The lowest BCUT2D eigenvalue weighted by Gasteiger charge is -2.13. The maximum absolute atomic E-state index is 14.4. The topological polar surface area (TPSA) is 55.4 Å². The van der Waals surface area contributed by atoms with Gasteiger partial charge in [-0.1, -0.05) is 42.0 Å². The first-order valence-corrected chi connectivity index (χ1v) is 10.2. The Bertz CT molecular complexity index is 1320. The fourth-order valence-electron chi connectivity index (χ4n) is 3.26. The first-order chi connectivity index (χ1) is 15.9. The molecule has 0 aliphatic carbocycles. The molecule has 4 nitrogen and oxygen atoms in total. The zero-order chi connectivity index (χ0) is 23.4. The number of esters is 1. The molecule has 0 atom stereocenters. The number of aryl methyl sites for hydroxylation is 1. The number of amides is 1. The molecule has 6 heteroatoms. The number of benzene rings is 4. The predicted molar refractivity (Wildman–Crippen MR) is 122 cm³/mol. The van der Waals surface area contributed by atoms with Crippen molar-refractivity contribution >= 4 is 17.6 Å². The standard InChI is InChI=1S/C27H19F2NO3/c1-17-7-11-21(12-8-17)30-26(31)23-15-19(22-13-10-20(28)16-24(22)29)9-14-25(23)33-27(32)18-5-3-2-4-6-18/h2-16H,1H3,(H,30,31). The second kappa shape index (κ2) is 9.44. The summed E-state index contributed by atoms with van der Waals surface area (Å²) in [6, 6.07) is 23.0. The molecule has 1 amide bonds. The molecule has 0 saturated carbocycles. The van der Waals surface area contributed by atoms with E-state index in [0.29, 0.717) is 16.8 Å². The van der Waals surface area contributed by atoms with Crippen molar-refractivity contribution in [2.45, 2.75) is 6.92 Å². The van der Waals surface area contributed by atoms with E-state index in [1.165, 1.54) is 24.3 Å². The molecule has 164 valence electrons. The monoisotopic (exact) mass is 443 g/mol. The second-order valence-corrected chi connectivity index (χ2v) is 7.41. The highest BCUT2D eigenvalue weighted by atomic mass is 19.1. The van der Waals surface area contributed by atoms with E-state index in [0.717, 1.165) is 17.7 Å². The first-order valence-electron chi connectivity index (χ1n) is 10.2. The van der Waals surface area contributed by atoms with Crippen LogP contribution in [0.3, 0.4) is 0 Å². The van der Waals surface area contributed by atoms with Crippen LogP contribution >= 0.6 is 0 Å². The summed E-state index contributed by atoms with van der Waals surface area (Å²) in [4.78, 5) is 25.7. The minimum absolute atomic E-state index is 0.0136. The number of hydrogen-bond donors (Lipinski definition) is 1. The first kappa shape index (κ1) is 21.9. The number of hydrogen-bond acceptors (Lipinski definition) is 3. The highest BCUT2D eigenvalue weighted by molar-refractivity contribution is 6.07. The van der Waals surface area contributed by atoms with Crippen LogP contribution in [0.2, 0.25) is 0 Å². The summed E-state index contributed by atoms with van der Waals surface area (Å²) in [7, 11) is 0. The molecule has 0 aliphatic rings. The van der Waals surface area contributed by atoms with Crippen molar-refractivity contribution < 1.29 is 23.1 Å². The predicted octanol–water partition coefficient (Wildman–Crippen LogP) is 6.41. The number of halogens is 2. The molecular formula is C27H19F2NO3. The molecule has 0 aromatic heterocycles. The van der Waals surface area contributed by atoms with Crippen LogP contribution in [0.4, 0.5) is 14.5 Å². The van der Waals surface area contributed by atoms with Gasteiger partial charge < -0.3 is 10.1 Å². The van der Waals surface area contributed by atoms with Gasteiger partial charge in [0.15, 0.2) is 0 Å². The summed E-state index contributed by atoms with van der Waals surface area (Å²) in [5.74, 6) is -2.64. The van der Waals surface area contributed by atoms with Crippen molar-refractivity contribution in [3.8, 4) is 16.9 Å². The SMILES string of the molecule is Cc1ccc(NC(=O)c2cc(-c3ccc(F)cc3F)ccc2OC(=O)c2ccccc2)cc1. The third-order valence-corrected chi connectivity index (χ3v) is 4.99. The van der Waals surface area contributed by atoms with Crippen molar-refractivity contribution in [2.24, 2.45) is 0 Å². The summed E-state index contributed by atoms with van der Waals surface area (Å²) in [5.41, 5.74) is 2.36.